The first kappa shape index (κ1) is 68.5. The summed E-state index contributed by atoms with van der Waals surface area (Å²) in [4.78, 5) is 113. The number of benzene rings is 4. The molecule has 2 saturated carbocycles. The number of unbranched alkanes of at least 4 members (excludes halogenated alkanes) is 2. The van der Waals surface area contributed by atoms with Gasteiger partial charge in [0.15, 0.2) is 40.8 Å². The topological polar surface area (TPSA) is 255 Å². The van der Waals surface area contributed by atoms with Crippen LogP contribution < -0.4 is 39.2 Å². The molecule has 3 aliphatic carbocycles. The van der Waals surface area contributed by atoms with E-state index in [1.165, 1.54) is 7.11 Å². The van der Waals surface area contributed by atoms with Gasteiger partial charge in [0.05, 0.1) is 77.5 Å². The van der Waals surface area contributed by atoms with Crippen LogP contribution in [0.15, 0.2) is 79.0 Å². The number of hydrogen-bond acceptors (Lipinski definition) is 16. The minimum atomic E-state index is -1.45. The van der Waals surface area contributed by atoms with Gasteiger partial charge in [0, 0.05) is 68.4 Å². The van der Waals surface area contributed by atoms with E-state index in [2.05, 4.69) is 22.5 Å². The van der Waals surface area contributed by atoms with Crippen LogP contribution in [0, 0.1) is 46.8 Å². The molecule has 510 valence electrons. The SMILES string of the molecule is COc1ccc(C2=CN3C(=O)c4cc(OC)c(OCCCCCOc5cc6c(cc5OC)C(=O)N5CC7(CC7)C[C@H]5C(O)N6C(=O)OCc5ccc(CC(=O)[C@H](C)NC(=O)[C@@H](CC(=O)CNC(=O)CCC(=O)OCC6[C@H]7CCC#CCC[C@@H]67)C(C)C)cc5)cc4CC[C@@H]3C2)cc1. The Bertz CT molecular complexity index is 3660. The van der Waals surface area contributed by atoms with Gasteiger partial charge in [0.1, 0.15) is 12.4 Å². The number of ether oxygens (including phenoxy) is 7. The van der Waals surface area contributed by atoms with E-state index in [-0.39, 0.29) is 109 Å². The fraction of sp³-hybridized carbons (Fsp3) is 0.520. The van der Waals surface area contributed by atoms with Crippen molar-refractivity contribution < 1.29 is 76.6 Å². The lowest BCUT2D eigenvalue weighted by Gasteiger charge is -2.31. The number of anilines is 1. The monoisotopic (exact) mass is 1320 g/mol. The van der Waals surface area contributed by atoms with E-state index in [9.17, 15) is 43.5 Å². The Balaban J connectivity index is 0.641. The van der Waals surface area contributed by atoms with Crippen LogP contribution in [0.5, 0.6) is 28.7 Å². The van der Waals surface area contributed by atoms with E-state index < -0.39 is 48.1 Å². The van der Waals surface area contributed by atoms with Gasteiger partial charge in [-0.05, 0) is 165 Å². The average molecular weight is 1320 g/mol. The molecule has 1 spiro atoms. The molecule has 7 aliphatic rings. The number of methoxy groups -OCH3 is 3. The molecule has 3 N–H and O–H groups in total. The minimum Gasteiger partial charge on any atom is -0.497 e. The number of nitrogens with zero attached hydrogens (tertiary/aromatic N) is 3. The summed E-state index contributed by atoms with van der Waals surface area (Å²) in [5.41, 5.74) is 5.08. The predicted octanol–water partition coefficient (Wildman–Crippen LogP) is 9.74. The van der Waals surface area contributed by atoms with Gasteiger partial charge in [-0.2, -0.15) is 0 Å². The second-order valence-corrected chi connectivity index (χ2v) is 27.1. The van der Waals surface area contributed by atoms with Gasteiger partial charge >= 0.3 is 12.1 Å². The van der Waals surface area contributed by atoms with E-state index in [0.717, 1.165) is 85.1 Å². The van der Waals surface area contributed by atoms with Gasteiger partial charge in [0.25, 0.3) is 11.8 Å². The van der Waals surface area contributed by atoms with Crippen LogP contribution in [-0.4, -0.2) is 141 Å². The van der Waals surface area contributed by atoms with Crippen LogP contribution in [0.1, 0.15) is 160 Å². The van der Waals surface area contributed by atoms with E-state index in [0.29, 0.717) is 91.4 Å². The average Bonchev–Trinajstić information content (AvgIpc) is 1.57. The fourth-order valence-corrected chi connectivity index (χ4v) is 14.3. The second kappa shape index (κ2) is 30.4. The molecule has 4 aromatic rings. The zero-order chi connectivity index (χ0) is 67.8. The number of esters is 1. The summed E-state index contributed by atoms with van der Waals surface area (Å²) >= 11 is 0. The summed E-state index contributed by atoms with van der Waals surface area (Å²) in [5.74, 6) is 6.69. The number of ketones is 2. The molecule has 4 aromatic carbocycles. The number of aliphatic hydroxyl groups excluding tert-OH is 1. The molecule has 5 amide bonds. The minimum absolute atomic E-state index is 0.0285. The number of Topliss-reactive ketones (excluding diaryl/α,β-unsaturated/α-hetero) is 2. The van der Waals surface area contributed by atoms with Crippen molar-refractivity contribution in [1.29, 1.82) is 0 Å². The maximum Gasteiger partial charge on any atom is 0.416 e. The van der Waals surface area contributed by atoms with Crippen LogP contribution in [0.3, 0.4) is 0 Å². The van der Waals surface area contributed by atoms with Crippen molar-refractivity contribution >= 4 is 58.5 Å². The lowest BCUT2D eigenvalue weighted by molar-refractivity contribution is -0.145. The predicted molar refractivity (Wildman–Crippen MR) is 355 cm³/mol. The van der Waals surface area contributed by atoms with Crippen molar-refractivity contribution in [3.8, 4) is 40.6 Å². The standard InChI is InChI=1S/C75H89N5O16/c1-45(2)57(35-53(81)40-76-68(83)26-27-69(84)95-43-60-55-14-10-7-8-11-15-56(55)60)70(85)77-46(3)63(82)32-47-16-18-48(19-17-47)42-96-74(89)80-61-38-67(65(92-6)37-59(61)72(87)79-44-75(28-29-75)39-62(79)73(80)88)94-31-13-9-12-30-93-66-34-50-20-23-52-33-51(49-21-24-54(90-4)25-22-49)41-78(52)71(86)58(50)36-64(66)91-5/h16-19,21-22,24-25,34,36-38,41,45-46,52,55-57,60,62,73,88H,9-15,20,23,26-33,35,39-40,42-44H2,1-6H3,(H,76,83)(H,77,85)/t46-,52+,55-,56+,57-,60?,62-,73?/m0/s1. The number of nitrogens with one attached hydrogen (secondary N) is 2. The number of rotatable bonds is 29. The molecule has 21 heteroatoms. The Kier molecular flexibility index (Phi) is 21.7. The second-order valence-electron chi connectivity index (χ2n) is 27.1. The summed E-state index contributed by atoms with van der Waals surface area (Å²) in [6.07, 6.45) is 9.64. The van der Waals surface area contributed by atoms with Gasteiger partial charge in [-0.1, -0.05) is 50.2 Å². The summed E-state index contributed by atoms with van der Waals surface area (Å²) in [6.45, 7) is 6.11. The molecule has 3 fully saturated rings. The van der Waals surface area contributed by atoms with Gasteiger partial charge in [-0.3, -0.25) is 33.6 Å². The largest absolute Gasteiger partial charge is 0.497 e. The molecule has 4 heterocycles. The number of fused-ring (bicyclic) bond motifs is 5. The van der Waals surface area contributed by atoms with Crippen LogP contribution in [0.25, 0.3) is 5.57 Å². The number of hydrogen-bond donors (Lipinski definition) is 3. The van der Waals surface area contributed by atoms with Crippen molar-refractivity contribution in [2.45, 2.75) is 161 Å². The molecule has 4 aliphatic heterocycles. The molecular formula is C75H89N5O16. The van der Waals surface area contributed by atoms with Crippen molar-refractivity contribution in [2.24, 2.45) is 35.0 Å². The first-order chi connectivity index (χ1) is 46.3. The number of aryl methyl sites for hydroxylation is 1. The van der Waals surface area contributed by atoms with Crippen molar-refractivity contribution in [2.75, 3.05) is 59.1 Å². The zero-order valence-corrected chi connectivity index (χ0v) is 55.9. The smallest absolute Gasteiger partial charge is 0.416 e. The molecule has 2 unspecified atom stereocenters. The summed E-state index contributed by atoms with van der Waals surface area (Å²) in [5, 5.41) is 17.5. The number of carbonyl (C=O) groups excluding carboxylic acids is 8. The molecule has 11 rings (SSSR count). The molecule has 8 atom stereocenters. The Labute approximate surface area is 561 Å². The molecular weight excluding hydrogens is 1230 g/mol. The van der Waals surface area contributed by atoms with Crippen LogP contribution in [-0.2, 0) is 52.9 Å². The molecule has 1 saturated heterocycles. The first-order valence-electron chi connectivity index (χ1n) is 34.0. The zero-order valence-electron chi connectivity index (χ0n) is 55.9. The quantitative estimate of drug-likeness (QED) is 0.0260. The third-order valence-corrected chi connectivity index (χ3v) is 20.4. The Morgan fingerprint density at radius 1 is 0.740 bits per heavy atom. The van der Waals surface area contributed by atoms with Gasteiger partial charge in [-0.25, -0.2) is 9.69 Å². The van der Waals surface area contributed by atoms with Crippen LogP contribution in [0.2, 0.25) is 0 Å². The highest BCUT2D eigenvalue weighted by Crippen LogP contribution is 2.57. The Morgan fingerprint density at radius 2 is 1.41 bits per heavy atom. The normalized spacial score (nSPS) is 21.5. The van der Waals surface area contributed by atoms with E-state index in [1.54, 1.807) is 82.4 Å². The third-order valence-electron chi connectivity index (χ3n) is 20.4. The summed E-state index contributed by atoms with van der Waals surface area (Å²) < 4.78 is 40.9. The van der Waals surface area contributed by atoms with Gasteiger partial charge in [0.2, 0.25) is 11.8 Å². The molecule has 0 aromatic heterocycles. The highest BCUT2D eigenvalue weighted by atomic mass is 16.6. The molecule has 0 radical (unpaired) electrons. The van der Waals surface area contributed by atoms with Crippen LogP contribution in [0.4, 0.5) is 10.5 Å². The first-order valence-corrected chi connectivity index (χ1v) is 34.0. The number of carbonyl (C=O) groups is 8. The summed E-state index contributed by atoms with van der Waals surface area (Å²) in [7, 11) is 4.68. The van der Waals surface area contributed by atoms with Gasteiger partial charge in [-0.15, -0.1) is 11.8 Å². The maximum atomic E-state index is 14.5. The van der Waals surface area contributed by atoms with Gasteiger partial charge < -0.3 is 58.7 Å². The van der Waals surface area contributed by atoms with Crippen LogP contribution >= 0.6 is 0 Å². The summed E-state index contributed by atoms with van der Waals surface area (Å²) in [6, 6.07) is 20.1. The molecule has 96 heavy (non-hydrogen) atoms. The van der Waals surface area contributed by atoms with Crippen molar-refractivity contribution in [3.05, 3.63) is 112 Å². The number of amides is 5. The van der Waals surface area contributed by atoms with Crippen molar-refractivity contribution in [3.63, 3.8) is 0 Å². The lowest BCUT2D eigenvalue weighted by atomic mass is 9.89. The Morgan fingerprint density at radius 3 is 2.06 bits per heavy atom. The van der Waals surface area contributed by atoms with E-state index in [1.807, 2.05) is 41.4 Å². The molecule has 21 nitrogen and oxygen atoms in total. The fourth-order valence-electron chi connectivity index (χ4n) is 14.3. The lowest BCUT2D eigenvalue weighted by Crippen LogP contribution is -2.50. The third kappa shape index (κ3) is 16.0. The highest BCUT2D eigenvalue weighted by Gasteiger charge is 2.58. The molecule has 0 bridgehead atoms. The van der Waals surface area contributed by atoms with E-state index in [4.69, 9.17) is 33.2 Å². The Hall–Kier alpha value is -8.90. The van der Waals surface area contributed by atoms with E-state index >= 15 is 0 Å². The maximum absolute atomic E-state index is 14.5. The highest BCUT2D eigenvalue weighted by molar-refractivity contribution is 6.06. The number of aliphatic hydroxyl groups is 1. The van der Waals surface area contributed by atoms with Crippen molar-refractivity contribution in [1.82, 2.24) is 20.4 Å².